The fourth-order valence-electron chi connectivity index (χ4n) is 5.76. The highest BCUT2D eigenvalue weighted by atomic mass is 16.5. The Balaban J connectivity index is 1.35. The van der Waals surface area contributed by atoms with Crippen molar-refractivity contribution in [3.05, 3.63) is 29.3 Å². The fourth-order valence-corrected chi connectivity index (χ4v) is 5.76. The van der Waals surface area contributed by atoms with Crippen molar-refractivity contribution in [3.8, 4) is 5.75 Å². The van der Waals surface area contributed by atoms with E-state index in [1.54, 1.807) is 14.2 Å². The fraction of sp³-hybridized carbons (Fsp3) is 0.720. The number of piperidine rings is 1. The van der Waals surface area contributed by atoms with Crippen molar-refractivity contribution < 1.29 is 14.3 Å². The zero-order valence-electron chi connectivity index (χ0n) is 19.7. The number of likely N-dealkylation sites (tertiary alicyclic amines) is 3. The minimum atomic E-state index is -0.242. The summed E-state index contributed by atoms with van der Waals surface area (Å²) in [6, 6.07) is 7.18. The molecule has 0 aromatic heterocycles. The van der Waals surface area contributed by atoms with E-state index in [9.17, 15) is 4.79 Å². The van der Waals surface area contributed by atoms with Gasteiger partial charge in [0.15, 0.2) is 6.10 Å². The number of benzene rings is 1. The molecule has 3 aliphatic heterocycles. The summed E-state index contributed by atoms with van der Waals surface area (Å²) in [5.74, 6) is 1.69. The molecular weight excluding hydrogens is 390 g/mol. The molecule has 3 saturated heterocycles. The highest BCUT2D eigenvalue weighted by Crippen LogP contribution is 2.36. The smallest absolute Gasteiger partial charge is 0.254 e. The molecule has 0 bridgehead atoms. The number of methoxy groups -OCH3 is 2. The predicted octanol–water partition coefficient (Wildman–Crippen LogP) is 3.14. The van der Waals surface area contributed by atoms with Crippen molar-refractivity contribution in [2.75, 3.05) is 40.4 Å². The number of amides is 1. The molecular formula is C25H39N3O3. The lowest BCUT2D eigenvalue weighted by Crippen LogP contribution is -2.70. The van der Waals surface area contributed by atoms with Crippen LogP contribution < -0.4 is 4.74 Å². The average Bonchev–Trinajstić information content (AvgIpc) is 3.26. The van der Waals surface area contributed by atoms with Crippen LogP contribution in [-0.4, -0.2) is 79.2 Å². The summed E-state index contributed by atoms with van der Waals surface area (Å²) in [7, 11) is 3.44. The van der Waals surface area contributed by atoms with E-state index in [1.165, 1.54) is 37.1 Å². The maximum absolute atomic E-state index is 12.4. The molecule has 4 rings (SSSR count). The van der Waals surface area contributed by atoms with Gasteiger partial charge in [0.1, 0.15) is 5.75 Å². The molecule has 3 heterocycles. The first-order valence-corrected chi connectivity index (χ1v) is 12.0. The minimum absolute atomic E-state index is 0.161. The van der Waals surface area contributed by atoms with E-state index in [0.29, 0.717) is 5.92 Å². The maximum atomic E-state index is 12.4. The number of nitrogens with zero attached hydrogens (tertiary/aromatic N) is 3. The van der Waals surface area contributed by atoms with Crippen LogP contribution in [0.2, 0.25) is 0 Å². The molecule has 0 N–H and O–H groups in total. The summed E-state index contributed by atoms with van der Waals surface area (Å²) in [6.07, 6.45) is 4.62. The molecule has 0 aliphatic carbocycles. The second kappa shape index (κ2) is 9.88. The van der Waals surface area contributed by atoms with Crippen molar-refractivity contribution in [2.24, 2.45) is 5.92 Å². The summed E-state index contributed by atoms with van der Waals surface area (Å²) < 4.78 is 11.2. The van der Waals surface area contributed by atoms with E-state index in [0.717, 1.165) is 44.8 Å². The van der Waals surface area contributed by atoms with Crippen LogP contribution in [0.1, 0.15) is 50.7 Å². The molecule has 1 aromatic carbocycles. The van der Waals surface area contributed by atoms with Gasteiger partial charge in [-0.25, -0.2) is 0 Å². The normalized spacial score (nSPS) is 26.0. The largest absolute Gasteiger partial charge is 0.496 e. The molecule has 1 amide bonds. The monoisotopic (exact) mass is 429 g/mol. The topological polar surface area (TPSA) is 45.3 Å². The van der Waals surface area contributed by atoms with E-state index in [-0.39, 0.29) is 24.1 Å². The van der Waals surface area contributed by atoms with E-state index < -0.39 is 0 Å². The van der Waals surface area contributed by atoms with Crippen molar-refractivity contribution in [1.82, 2.24) is 14.7 Å². The minimum Gasteiger partial charge on any atom is -0.496 e. The summed E-state index contributed by atoms with van der Waals surface area (Å²) >= 11 is 0. The number of β-lactam (4-membered cyclic amide) rings is 1. The van der Waals surface area contributed by atoms with E-state index in [1.807, 2.05) is 4.90 Å². The average molecular weight is 430 g/mol. The van der Waals surface area contributed by atoms with Crippen LogP contribution in [0, 0.1) is 5.92 Å². The van der Waals surface area contributed by atoms with Crippen molar-refractivity contribution in [2.45, 2.75) is 70.8 Å². The first-order valence-electron chi connectivity index (χ1n) is 12.0. The standard InChI is InChI=1S/C25H39N3O3/c1-18(2)28-23(24(31-4)25(28)29)20-9-13-27(14-10-20)16-19-7-8-22(30-3)21(15-19)17-26-11-5-6-12-26/h7-8,15,18,20,23-24H,5-6,9-14,16-17H2,1-4H3/t23-,24+/m0/s1. The Morgan fingerprint density at radius 1 is 1.00 bits per heavy atom. The number of ether oxygens (including phenoxy) is 2. The van der Waals surface area contributed by atoms with E-state index >= 15 is 0 Å². The van der Waals surface area contributed by atoms with Crippen LogP contribution in [0.5, 0.6) is 5.75 Å². The second-order valence-electron chi connectivity index (χ2n) is 9.73. The lowest BCUT2D eigenvalue weighted by atomic mass is 9.79. The summed E-state index contributed by atoms with van der Waals surface area (Å²) in [5, 5.41) is 0. The number of hydrogen-bond donors (Lipinski definition) is 0. The van der Waals surface area contributed by atoms with Gasteiger partial charge in [0.25, 0.3) is 5.91 Å². The third-order valence-electron chi connectivity index (χ3n) is 7.40. The molecule has 0 spiro atoms. The molecule has 31 heavy (non-hydrogen) atoms. The Labute approximate surface area is 187 Å². The maximum Gasteiger partial charge on any atom is 0.254 e. The van der Waals surface area contributed by atoms with Gasteiger partial charge in [-0.2, -0.15) is 0 Å². The molecule has 3 aliphatic rings. The van der Waals surface area contributed by atoms with Gasteiger partial charge in [-0.1, -0.05) is 6.07 Å². The molecule has 0 radical (unpaired) electrons. The zero-order valence-corrected chi connectivity index (χ0v) is 19.7. The van der Waals surface area contributed by atoms with Gasteiger partial charge in [-0.05, 0) is 89.3 Å². The molecule has 6 heteroatoms. The van der Waals surface area contributed by atoms with E-state index in [4.69, 9.17) is 9.47 Å². The Kier molecular flexibility index (Phi) is 7.19. The Hall–Kier alpha value is -1.63. The second-order valence-corrected chi connectivity index (χ2v) is 9.73. The van der Waals surface area contributed by atoms with Gasteiger partial charge >= 0.3 is 0 Å². The SMILES string of the molecule is COc1ccc(CN2CCC([C@H]3[C@@H](OC)C(=O)N3C(C)C)CC2)cc1CN1CCCC1. The Morgan fingerprint density at radius 2 is 1.68 bits per heavy atom. The van der Waals surface area contributed by atoms with Crippen molar-refractivity contribution in [1.29, 1.82) is 0 Å². The quantitative estimate of drug-likeness (QED) is 0.594. The molecule has 2 atom stereocenters. The zero-order chi connectivity index (χ0) is 22.0. The summed E-state index contributed by atoms with van der Waals surface area (Å²) in [5.41, 5.74) is 2.67. The van der Waals surface area contributed by atoms with Crippen LogP contribution >= 0.6 is 0 Å². The van der Waals surface area contributed by atoms with Crippen molar-refractivity contribution >= 4 is 5.91 Å². The van der Waals surface area contributed by atoms with Crippen molar-refractivity contribution in [3.63, 3.8) is 0 Å². The van der Waals surface area contributed by atoms with Gasteiger partial charge in [-0.15, -0.1) is 0 Å². The summed E-state index contributed by atoms with van der Waals surface area (Å²) in [4.78, 5) is 19.5. The van der Waals surface area contributed by atoms with Crippen LogP contribution in [-0.2, 0) is 22.6 Å². The van der Waals surface area contributed by atoms with Crippen LogP contribution in [0.25, 0.3) is 0 Å². The lowest BCUT2D eigenvalue weighted by molar-refractivity contribution is -0.181. The van der Waals surface area contributed by atoms with Gasteiger partial charge in [0.2, 0.25) is 0 Å². The van der Waals surface area contributed by atoms with Crippen LogP contribution in [0.4, 0.5) is 0 Å². The predicted molar refractivity (Wildman–Crippen MR) is 122 cm³/mol. The molecule has 172 valence electrons. The first kappa shape index (κ1) is 22.6. The molecule has 0 unspecified atom stereocenters. The highest BCUT2D eigenvalue weighted by molar-refractivity contribution is 5.88. The van der Waals surface area contributed by atoms with Crippen LogP contribution in [0.3, 0.4) is 0 Å². The number of rotatable bonds is 8. The molecule has 0 saturated carbocycles. The number of carbonyl (C=O) groups excluding carboxylic acids is 1. The molecule has 1 aromatic rings. The van der Waals surface area contributed by atoms with Gasteiger partial charge in [-0.3, -0.25) is 14.6 Å². The Morgan fingerprint density at radius 3 is 2.29 bits per heavy atom. The van der Waals surface area contributed by atoms with E-state index in [2.05, 4.69) is 41.8 Å². The third-order valence-corrected chi connectivity index (χ3v) is 7.40. The summed E-state index contributed by atoms with van der Waals surface area (Å²) in [6.45, 7) is 10.7. The number of hydrogen-bond acceptors (Lipinski definition) is 5. The molecule has 6 nitrogen and oxygen atoms in total. The van der Waals surface area contributed by atoms with Gasteiger partial charge in [0, 0.05) is 31.8 Å². The highest BCUT2D eigenvalue weighted by Gasteiger charge is 2.52. The van der Waals surface area contributed by atoms with Gasteiger partial charge in [0.05, 0.1) is 13.2 Å². The van der Waals surface area contributed by atoms with Crippen LogP contribution in [0.15, 0.2) is 18.2 Å². The van der Waals surface area contributed by atoms with Gasteiger partial charge < -0.3 is 14.4 Å². The number of carbonyl (C=O) groups is 1. The Bertz CT molecular complexity index is 754. The molecule has 3 fully saturated rings. The first-order chi connectivity index (χ1) is 15.0. The lowest BCUT2D eigenvalue weighted by Gasteiger charge is -2.53. The third kappa shape index (κ3) is 4.76.